The first-order valence-electron chi connectivity index (χ1n) is 11.3. The Morgan fingerprint density at radius 1 is 0.467 bits per heavy atom. The summed E-state index contributed by atoms with van der Waals surface area (Å²) < 4.78 is 0. The van der Waals surface area contributed by atoms with Crippen LogP contribution in [0.2, 0.25) is 0 Å². The minimum absolute atomic E-state index is 0.0940. The van der Waals surface area contributed by atoms with Crippen molar-refractivity contribution in [3.8, 4) is 0 Å². The van der Waals surface area contributed by atoms with Gasteiger partial charge in [-0.15, -0.1) is 0 Å². The van der Waals surface area contributed by atoms with Crippen LogP contribution < -0.4 is 0 Å². The van der Waals surface area contributed by atoms with E-state index < -0.39 is 0 Å². The van der Waals surface area contributed by atoms with E-state index in [2.05, 4.69) is 118 Å². The molecule has 2 nitrogen and oxygen atoms in total. The van der Waals surface area contributed by atoms with Gasteiger partial charge in [-0.1, -0.05) is 118 Å². The van der Waals surface area contributed by atoms with Crippen molar-refractivity contribution in [3.63, 3.8) is 0 Å². The Bertz CT molecular complexity index is 702. The first-order chi connectivity index (χ1) is 13.8. The molecule has 0 aromatic heterocycles. The van der Waals surface area contributed by atoms with Crippen molar-refractivity contribution in [2.75, 3.05) is 0 Å². The van der Waals surface area contributed by atoms with Crippen LogP contribution in [0.25, 0.3) is 0 Å². The Morgan fingerprint density at radius 3 is 0.900 bits per heavy atom. The van der Waals surface area contributed by atoms with Crippen LogP contribution in [0.5, 0.6) is 0 Å². The van der Waals surface area contributed by atoms with Gasteiger partial charge in [-0.3, -0.25) is 0 Å². The van der Waals surface area contributed by atoms with Crippen LogP contribution in [0.15, 0.2) is 48.5 Å². The van der Waals surface area contributed by atoms with Crippen molar-refractivity contribution < 1.29 is 9.78 Å². The van der Waals surface area contributed by atoms with Crippen LogP contribution in [0.3, 0.4) is 0 Å². The molecule has 2 unspecified atom stereocenters. The molecule has 2 aromatic rings. The van der Waals surface area contributed by atoms with Gasteiger partial charge in [0.25, 0.3) is 0 Å². The summed E-state index contributed by atoms with van der Waals surface area (Å²) in [5.74, 6) is 1.03. The molecule has 0 aliphatic heterocycles. The van der Waals surface area contributed by atoms with Crippen molar-refractivity contribution in [2.45, 2.75) is 93.3 Å². The van der Waals surface area contributed by atoms with Gasteiger partial charge >= 0.3 is 0 Å². The lowest BCUT2D eigenvalue weighted by Crippen LogP contribution is -2.27. The van der Waals surface area contributed by atoms with Crippen molar-refractivity contribution in [1.82, 2.24) is 0 Å². The summed E-state index contributed by atoms with van der Waals surface area (Å²) >= 11 is 0. The lowest BCUT2D eigenvalue weighted by atomic mass is 9.83. The molecule has 0 spiro atoms. The van der Waals surface area contributed by atoms with Gasteiger partial charge in [0, 0.05) is 0 Å². The molecule has 0 saturated carbocycles. The highest BCUT2D eigenvalue weighted by Crippen LogP contribution is 2.42. The molecule has 0 aliphatic rings. The maximum atomic E-state index is 6.21. The smallest absolute Gasteiger partial charge is 0.123 e. The molecule has 0 N–H and O–H groups in total. The second-order valence-corrected chi connectivity index (χ2v) is 11.3. The minimum Gasteiger partial charge on any atom is -0.227 e. The fourth-order valence-corrected chi connectivity index (χ4v) is 3.62. The lowest BCUT2D eigenvalue weighted by molar-refractivity contribution is -0.385. The van der Waals surface area contributed by atoms with Crippen LogP contribution >= 0.6 is 0 Å². The van der Waals surface area contributed by atoms with Gasteiger partial charge in [-0.25, -0.2) is 9.78 Å². The molecular weight excluding hydrogens is 368 g/mol. The standard InChI is InChI=1S/C28H42O2/c1-19(2)21-11-15-23(16-12-21)25(27(5,6)7)29-30-26(28(8,9)10)24-17-13-22(14-18-24)20(3)4/h11-20,25-26H,1-10H3. The number of hydrogen-bond acceptors (Lipinski definition) is 2. The third-order valence-electron chi connectivity index (χ3n) is 5.63. The normalized spacial score (nSPS) is 14.9. The van der Waals surface area contributed by atoms with Crippen molar-refractivity contribution in [3.05, 3.63) is 70.8 Å². The number of rotatable bonds is 7. The van der Waals surface area contributed by atoms with Gasteiger partial charge in [0.1, 0.15) is 12.2 Å². The predicted octanol–water partition coefficient (Wildman–Crippen LogP) is 8.76. The monoisotopic (exact) mass is 410 g/mol. The molecule has 2 heteroatoms. The topological polar surface area (TPSA) is 18.5 Å². The summed E-state index contributed by atoms with van der Waals surface area (Å²) in [5, 5.41) is 0. The highest BCUT2D eigenvalue weighted by atomic mass is 17.2. The van der Waals surface area contributed by atoms with Gasteiger partial charge in [-0.05, 0) is 44.9 Å². The van der Waals surface area contributed by atoms with Crippen molar-refractivity contribution >= 4 is 0 Å². The number of hydrogen-bond donors (Lipinski definition) is 0. The molecule has 166 valence electrons. The maximum Gasteiger partial charge on any atom is 0.123 e. The Balaban J connectivity index is 2.27. The minimum atomic E-state index is -0.154. The third-order valence-corrected chi connectivity index (χ3v) is 5.63. The molecule has 30 heavy (non-hydrogen) atoms. The molecule has 0 bridgehead atoms. The predicted molar refractivity (Wildman–Crippen MR) is 128 cm³/mol. The van der Waals surface area contributed by atoms with E-state index in [1.165, 1.54) is 11.1 Å². The van der Waals surface area contributed by atoms with Crippen LogP contribution in [0, 0.1) is 10.8 Å². The van der Waals surface area contributed by atoms with E-state index in [0.29, 0.717) is 11.8 Å². The first kappa shape index (κ1) is 24.6. The van der Waals surface area contributed by atoms with Gasteiger partial charge in [0.05, 0.1) is 0 Å². The summed E-state index contributed by atoms with van der Waals surface area (Å²) in [6.45, 7) is 22.0. The zero-order valence-corrected chi connectivity index (χ0v) is 20.7. The average molecular weight is 411 g/mol. The van der Waals surface area contributed by atoms with Crippen LogP contribution in [-0.2, 0) is 9.78 Å². The molecule has 0 fully saturated rings. The molecule has 2 atom stereocenters. The molecule has 0 aliphatic carbocycles. The maximum absolute atomic E-state index is 6.21. The van der Waals surface area contributed by atoms with Gasteiger partial charge in [0.2, 0.25) is 0 Å². The van der Waals surface area contributed by atoms with Gasteiger partial charge in [0.15, 0.2) is 0 Å². The molecule has 2 aromatic carbocycles. The Kier molecular flexibility index (Phi) is 7.93. The highest BCUT2D eigenvalue weighted by molar-refractivity contribution is 5.28. The number of benzene rings is 2. The molecule has 0 radical (unpaired) electrons. The Labute approximate surface area is 184 Å². The summed E-state index contributed by atoms with van der Waals surface area (Å²) in [6, 6.07) is 17.5. The van der Waals surface area contributed by atoms with Gasteiger partial charge < -0.3 is 0 Å². The van der Waals surface area contributed by atoms with E-state index >= 15 is 0 Å². The summed E-state index contributed by atoms with van der Waals surface area (Å²) in [4.78, 5) is 12.4. The zero-order valence-electron chi connectivity index (χ0n) is 20.7. The van der Waals surface area contributed by atoms with Crippen LogP contribution in [0.1, 0.15) is 116 Å². The van der Waals surface area contributed by atoms with E-state index in [-0.39, 0.29) is 23.0 Å². The largest absolute Gasteiger partial charge is 0.227 e. The van der Waals surface area contributed by atoms with E-state index in [0.717, 1.165) is 11.1 Å². The fraction of sp³-hybridized carbons (Fsp3) is 0.571. The molecule has 0 amide bonds. The average Bonchev–Trinajstić information content (AvgIpc) is 2.63. The quantitative estimate of drug-likeness (QED) is 0.335. The first-order valence-corrected chi connectivity index (χ1v) is 11.3. The van der Waals surface area contributed by atoms with Crippen LogP contribution in [-0.4, -0.2) is 0 Å². The second kappa shape index (κ2) is 9.66. The van der Waals surface area contributed by atoms with Crippen LogP contribution in [0.4, 0.5) is 0 Å². The second-order valence-electron chi connectivity index (χ2n) is 11.3. The summed E-state index contributed by atoms with van der Waals surface area (Å²) in [7, 11) is 0. The fourth-order valence-electron chi connectivity index (χ4n) is 3.62. The molecule has 0 saturated heterocycles. The SMILES string of the molecule is CC(C)c1ccc(C(OOC(c2ccc(C(C)C)cc2)C(C)(C)C)C(C)(C)C)cc1. The summed E-state index contributed by atoms with van der Waals surface area (Å²) in [5.41, 5.74) is 4.78. The van der Waals surface area contributed by atoms with E-state index in [9.17, 15) is 0 Å². The highest BCUT2D eigenvalue weighted by Gasteiger charge is 2.33. The van der Waals surface area contributed by atoms with E-state index in [1.54, 1.807) is 0 Å². The van der Waals surface area contributed by atoms with E-state index in [4.69, 9.17) is 9.78 Å². The Morgan fingerprint density at radius 2 is 0.700 bits per heavy atom. The third kappa shape index (κ3) is 6.43. The molecular formula is C28H42O2. The molecule has 2 rings (SSSR count). The van der Waals surface area contributed by atoms with Crippen molar-refractivity contribution in [2.24, 2.45) is 10.8 Å². The summed E-state index contributed by atoms with van der Waals surface area (Å²) in [6.07, 6.45) is -0.308. The molecule has 0 heterocycles. The van der Waals surface area contributed by atoms with E-state index in [1.807, 2.05) is 0 Å². The Hall–Kier alpha value is -1.64. The zero-order chi connectivity index (χ0) is 22.7. The van der Waals surface area contributed by atoms with Gasteiger partial charge in [-0.2, -0.15) is 0 Å². The lowest BCUT2D eigenvalue weighted by Gasteiger charge is -2.35. The van der Waals surface area contributed by atoms with Crippen molar-refractivity contribution in [1.29, 1.82) is 0 Å².